The first-order valence-electron chi connectivity index (χ1n) is 5.45. The predicted molar refractivity (Wildman–Crippen MR) is 63.5 cm³/mol. The normalized spacial score (nSPS) is 16.8. The molecule has 0 unspecified atom stereocenters. The smallest absolute Gasteiger partial charge is 0.0522 e. The van der Waals surface area contributed by atoms with E-state index in [0.717, 1.165) is 10.6 Å². The maximum absolute atomic E-state index is 9.29. The first-order chi connectivity index (χ1) is 7.04. The third kappa shape index (κ3) is 2.19. The van der Waals surface area contributed by atoms with Gasteiger partial charge in [-0.25, -0.2) is 0 Å². The minimum atomic E-state index is -0.203. The summed E-state index contributed by atoms with van der Waals surface area (Å²) in [6.45, 7) is 4.19. The van der Waals surface area contributed by atoms with Crippen LogP contribution in [0.4, 0.5) is 0 Å². The van der Waals surface area contributed by atoms with Gasteiger partial charge in [-0.3, -0.25) is 0 Å². The molecule has 1 N–H and O–H groups in total. The molecule has 0 spiro atoms. The molecule has 0 aromatic heterocycles. The van der Waals surface area contributed by atoms with Gasteiger partial charge in [-0.2, -0.15) is 0 Å². The van der Waals surface area contributed by atoms with Crippen molar-refractivity contribution in [3.05, 3.63) is 34.3 Å². The molecule has 82 valence electrons. The molecule has 0 saturated heterocycles. The number of hydrogen-bond acceptors (Lipinski definition) is 1. The van der Waals surface area contributed by atoms with Gasteiger partial charge in [0.05, 0.1) is 6.61 Å². The molecule has 0 bridgehead atoms. The highest BCUT2D eigenvalue weighted by atomic mass is 35.5. The largest absolute Gasteiger partial charge is 0.395 e. The van der Waals surface area contributed by atoms with Crippen molar-refractivity contribution >= 4 is 11.6 Å². The summed E-state index contributed by atoms with van der Waals surface area (Å²) >= 11 is 6.25. The molecule has 0 amide bonds. The molecule has 1 aliphatic carbocycles. The zero-order chi connectivity index (χ0) is 11.1. The second-order valence-electron chi connectivity index (χ2n) is 5.05. The molecule has 0 heterocycles. The van der Waals surface area contributed by atoms with Gasteiger partial charge < -0.3 is 5.11 Å². The zero-order valence-corrected chi connectivity index (χ0v) is 10.0. The van der Waals surface area contributed by atoms with E-state index in [4.69, 9.17) is 11.6 Å². The van der Waals surface area contributed by atoms with Crippen molar-refractivity contribution in [3.8, 4) is 0 Å². The number of hydrogen-bond donors (Lipinski definition) is 1. The van der Waals surface area contributed by atoms with Crippen LogP contribution in [0, 0.1) is 0 Å². The van der Waals surface area contributed by atoms with Crippen LogP contribution in [0.3, 0.4) is 0 Å². The Bertz CT molecular complexity index is 367. The molecule has 15 heavy (non-hydrogen) atoms. The Morgan fingerprint density at radius 1 is 1.40 bits per heavy atom. The fourth-order valence-electron chi connectivity index (χ4n) is 1.76. The second kappa shape index (κ2) is 3.80. The fraction of sp³-hybridized carbons (Fsp3) is 0.538. The summed E-state index contributed by atoms with van der Waals surface area (Å²) in [4.78, 5) is 0. The van der Waals surface area contributed by atoms with Gasteiger partial charge in [-0.1, -0.05) is 37.6 Å². The van der Waals surface area contributed by atoms with E-state index in [1.165, 1.54) is 18.4 Å². The lowest BCUT2D eigenvalue weighted by Crippen LogP contribution is -2.21. The second-order valence-corrected chi connectivity index (χ2v) is 5.46. The van der Waals surface area contributed by atoms with Crippen LogP contribution < -0.4 is 0 Å². The van der Waals surface area contributed by atoms with Crippen LogP contribution in [-0.4, -0.2) is 11.7 Å². The molecular weight excluding hydrogens is 208 g/mol. The molecule has 0 radical (unpaired) electrons. The van der Waals surface area contributed by atoms with Gasteiger partial charge in [0.1, 0.15) is 0 Å². The first-order valence-corrected chi connectivity index (χ1v) is 5.83. The number of rotatable bonds is 3. The van der Waals surface area contributed by atoms with Crippen LogP contribution in [0.1, 0.15) is 43.7 Å². The van der Waals surface area contributed by atoms with Gasteiger partial charge in [0.15, 0.2) is 0 Å². The molecule has 1 aromatic carbocycles. The lowest BCUT2D eigenvalue weighted by Gasteiger charge is -2.23. The number of aliphatic hydroxyl groups is 1. The number of aliphatic hydroxyl groups excluding tert-OH is 1. The van der Waals surface area contributed by atoms with Crippen LogP contribution in [0.25, 0.3) is 0 Å². The minimum Gasteiger partial charge on any atom is -0.395 e. The first kappa shape index (κ1) is 11.0. The Morgan fingerprint density at radius 2 is 2.07 bits per heavy atom. The fourth-order valence-corrected chi connectivity index (χ4v) is 2.10. The minimum absolute atomic E-state index is 0.145. The summed E-state index contributed by atoms with van der Waals surface area (Å²) in [5.41, 5.74) is 2.18. The summed E-state index contributed by atoms with van der Waals surface area (Å²) in [5.74, 6) is 0.684. The quantitative estimate of drug-likeness (QED) is 0.834. The molecule has 1 fully saturated rings. The Labute approximate surface area is 96.1 Å². The number of halogens is 1. The van der Waals surface area contributed by atoms with E-state index in [9.17, 15) is 5.11 Å². The van der Waals surface area contributed by atoms with E-state index in [0.29, 0.717) is 5.92 Å². The summed E-state index contributed by atoms with van der Waals surface area (Å²) < 4.78 is 0. The summed E-state index contributed by atoms with van der Waals surface area (Å²) in [7, 11) is 0. The maximum atomic E-state index is 9.29. The molecule has 2 rings (SSSR count). The van der Waals surface area contributed by atoms with E-state index in [2.05, 4.69) is 12.1 Å². The molecule has 1 nitrogen and oxygen atoms in total. The maximum Gasteiger partial charge on any atom is 0.0522 e. The third-order valence-corrected chi connectivity index (χ3v) is 3.52. The van der Waals surface area contributed by atoms with Crippen LogP contribution in [0.2, 0.25) is 5.02 Å². The van der Waals surface area contributed by atoms with Crippen molar-refractivity contribution in [2.24, 2.45) is 0 Å². The van der Waals surface area contributed by atoms with Crippen molar-refractivity contribution in [3.63, 3.8) is 0 Å². The molecular formula is C13H17ClO. The highest BCUT2D eigenvalue weighted by molar-refractivity contribution is 6.31. The summed E-state index contributed by atoms with van der Waals surface area (Å²) in [6.07, 6.45) is 2.53. The zero-order valence-electron chi connectivity index (χ0n) is 9.26. The molecule has 1 saturated carbocycles. The van der Waals surface area contributed by atoms with Crippen molar-refractivity contribution < 1.29 is 5.11 Å². The van der Waals surface area contributed by atoms with E-state index >= 15 is 0 Å². The topological polar surface area (TPSA) is 20.2 Å². The van der Waals surface area contributed by atoms with Crippen LogP contribution in [0.5, 0.6) is 0 Å². The monoisotopic (exact) mass is 224 g/mol. The molecule has 1 aliphatic rings. The lowest BCUT2D eigenvalue weighted by molar-refractivity contribution is 0.218. The lowest BCUT2D eigenvalue weighted by atomic mass is 9.85. The Balaban J connectivity index is 2.32. The van der Waals surface area contributed by atoms with E-state index in [1.807, 2.05) is 19.9 Å². The van der Waals surface area contributed by atoms with E-state index < -0.39 is 0 Å². The van der Waals surface area contributed by atoms with Gasteiger partial charge in [0, 0.05) is 10.4 Å². The SMILES string of the molecule is CC(C)(CO)c1ccc(C2CC2)c(Cl)c1. The highest BCUT2D eigenvalue weighted by Crippen LogP contribution is 2.44. The van der Waals surface area contributed by atoms with E-state index in [1.54, 1.807) is 0 Å². The number of benzene rings is 1. The highest BCUT2D eigenvalue weighted by Gasteiger charge is 2.27. The Morgan fingerprint density at radius 3 is 2.53 bits per heavy atom. The van der Waals surface area contributed by atoms with Crippen LogP contribution in [0.15, 0.2) is 18.2 Å². The van der Waals surface area contributed by atoms with Gasteiger partial charge in [0.25, 0.3) is 0 Å². The average Bonchev–Trinajstić information content (AvgIpc) is 3.01. The Kier molecular flexibility index (Phi) is 2.78. The summed E-state index contributed by atoms with van der Waals surface area (Å²) in [5, 5.41) is 10.1. The van der Waals surface area contributed by atoms with Crippen molar-refractivity contribution in [2.45, 2.75) is 38.0 Å². The van der Waals surface area contributed by atoms with Crippen LogP contribution >= 0.6 is 11.6 Å². The standard InChI is InChI=1S/C13H17ClO/c1-13(2,8-15)10-5-6-11(9-3-4-9)12(14)7-10/h5-7,9,15H,3-4,8H2,1-2H3. The molecule has 0 atom stereocenters. The molecule has 2 heteroatoms. The van der Waals surface area contributed by atoms with Gasteiger partial charge in [0.2, 0.25) is 0 Å². The van der Waals surface area contributed by atoms with E-state index in [-0.39, 0.29) is 12.0 Å². The molecule has 0 aliphatic heterocycles. The average molecular weight is 225 g/mol. The predicted octanol–water partition coefficient (Wildman–Crippen LogP) is 3.49. The summed E-state index contributed by atoms with van der Waals surface area (Å²) in [6, 6.07) is 6.22. The van der Waals surface area contributed by atoms with Crippen molar-refractivity contribution in [1.29, 1.82) is 0 Å². The van der Waals surface area contributed by atoms with Crippen molar-refractivity contribution in [2.75, 3.05) is 6.61 Å². The molecule has 1 aromatic rings. The Hall–Kier alpha value is -0.530. The third-order valence-electron chi connectivity index (χ3n) is 3.19. The van der Waals surface area contributed by atoms with Gasteiger partial charge in [-0.15, -0.1) is 0 Å². The van der Waals surface area contributed by atoms with Gasteiger partial charge >= 0.3 is 0 Å². The van der Waals surface area contributed by atoms with Crippen molar-refractivity contribution in [1.82, 2.24) is 0 Å². The van der Waals surface area contributed by atoms with Crippen LogP contribution in [-0.2, 0) is 5.41 Å². The van der Waals surface area contributed by atoms with Gasteiger partial charge in [-0.05, 0) is 36.0 Å².